The molecule has 1 aromatic heterocycles. The summed E-state index contributed by atoms with van der Waals surface area (Å²) in [5.74, 6) is -0.485. The molecule has 0 spiro atoms. The van der Waals surface area contributed by atoms with E-state index in [0.717, 1.165) is 32.4 Å². The summed E-state index contributed by atoms with van der Waals surface area (Å²) in [5, 5.41) is 8.79. The van der Waals surface area contributed by atoms with Gasteiger partial charge in [-0.05, 0) is 37.3 Å². The third-order valence-corrected chi connectivity index (χ3v) is 3.53. The van der Waals surface area contributed by atoms with Gasteiger partial charge in [-0.3, -0.25) is 9.78 Å². The average molecular weight is 262 g/mol. The molecule has 1 fully saturated rings. The van der Waals surface area contributed by atoms with E-state index in [1.807, 2.05) is 4.90 Å². The van der Waals surface area contributed by atoms with Crippen LogP contribution in [0.4, 0.5) is 0 Å². The van der Waals surface area contributed by atoms with E-state index in [9.17, 15) is 9.59 Å². The van der Waals surface area contributed by atoms with Gasteiger partial charge in [0.25, 0.3) is 5.91 Å². The Balaban J connectivity index is 2.08. The van der Waals surface area contributed by atoms with Crippen LogP contribution in [0.1, 0.15) is 47.0 Å². The summed E-state index contributed by atoms with van der Waals surface area (Å²) < 4.78 is 0. The van der Waals surface area contributed by atoms with Gasteiger partial charge in [0.1, 0.15) is 5.69 Å². The molecule has 19 heavy (non-hydrogen) atoms. The number of hydrogen-bond acceptors (Lipinski definition) is 3. The van der Waals surface area contributed by atoms with Crippen LogP contribution in [-0.2, 0) is 0 Å². The van der Waals surface area contributed by atoms with Gasteiger partial charge < -0.3 is 10.0 Å². The van der Waals surface area contributed by atoms with E-state index in [0.29, 0.717) is 11.6 Å². The van der Waals surface area contributed by atoms with Gasteiger partial charge in [0, 0.05) is 19.3 Å². The molecular weight excluding hydrogens is 244 g/mol. The second-order valence-electron chi connectivity index (χ2n) is 5.07. The molecule has 1 amide bonds. The van der Waals surface area contributed by atoms with E-state index in [4.69, 9.17) is 5.11 Å². The summed E-state index contributed by atoms with van der Waals surface area (Å²) in [6, 6.07) is 2.91. The number of hydrogen-bond donors (Lipinski definition) is 1. The molecule has 0 aromatic carbocycles. The molecule has 2 heterocycles. The molecule has 1 atom stereocenters. The zero-order valence-corrected chi connectivity index (χ0v) is 11.0. The summed E-state index contributed by atoms with van der Waals surface area (Å²) in [6.45, 7) is 3.71. The van der Waals surface area contributed by atoms with Crippen molar-refractivity contribution in [2.24, 2.45) is 5.92 Å². The molecule has 1 saturated heterocycles. The molecule has 2 rings (SSSR count). The van der Waals surface area contributed by atoms with Crippen LogP contribution < -0.4 is 0 Å². The minimum absolute atomic E-state index is 0.0982. The van der Waals surface area contributed by atoms with Crippen molar-refractivity contribution >= 4 is 11.9 Å². The molecule has 0 bridgehead atoms. The van der Waals surface area contributed by atoms with E-state index < -0.39 is 5.97 Å². The topological polar surface area (TPSA) is 70.5 Å². The molecule has 5 nitrogen and oxygen atoms in total. The third-order valence-electron chi connectivity index (χ3n) is 3.53. The fraction of sp³-hybridized carbons (Fsp3) is 0.500. The first-order chi connectivity index (χ1) is 9.08. The Labute approximate surface area is 112 Å². The molecule has 1 aromatic rings. The summed E-state index contributed by atoms with van der Waals surface area (Å²) in [7, 11) is 0. The number of amides is 1. The molecule has 1 aliphatic heterocycles. The maximum absolute atomic E-state index is 12.3. The predicted octanol–water partition coefficient (Wildman–Crippen LogP) is 2.04. The Kier molecular flexibility index (Phi) is 4.14. The summed E-state index contributed by atoms with van der Waals surface area (Å²) in [6.07, 6.45) is 4.41. The monoisotopic (exact) mass is 262 g/mol. The van der Waals surface area contributed by atoms with Crippen molar-refractivity contribution in [3.8, 4) is 0 Å². The second-order valence-corrected chi connectivity index (χ2v) is 5.07. The first kappa shape index (κ1) is 13.5. The highest BCUT2D eigenvalue weighted by Crippen LogP contribution is 2.17. The van der Waals surface area contributed by atoms with Crippen LogP contribution in [0.25, 0.3) is 0 Å². The molecule has 0 saturated carbocycles. The Morgan fingerprint density at radius 2 is 2.11 bits per heavy atom. The predicted molar refractivity (Wildman–Crippen MR) is 70.1 cm³/mol. The highest BCUT2D eigenvalue weighted by Gasteiger charge is 2.20. The van der Waals surface area contributed by atoms with Gasteiger partial charge in [-0.1, -0.05) is 6.92 Å². The normalized spacial score (nSPS) is 19.8. The second kappa shape index (κ2) is 5.82. The Hall–Kier alpha value is -1.91. The molecule has 0 aliphatic carbocycles. The highest BCUT2D eigenvalue weighted by molar-refractivity contribution is 5.93. The molecular formula is C14H18N2O3. The number of carboxylic acid groups (broad SMARTS) is 1. The van der Waals surface area contributed by atoms with Crippen molar-refractivity contribution in [1.29, 1.82) is 0 Å². The van der Waals surface area contributed by atoms with Crippen molar-refractivity contribution in [1.82, 2.24) is 9.88 Å². The number of carbonyl (C=O) groups is 2. The summed E-state index contributed by atoms with van der Waals surface area (Å²) in [5.41, 5.74) is 0.417. The molecule has 102 valence electrons. The van der Waals surface area contributed by atoms with Gasteiger partial charge in [0.15, 0.2) is 0 Å². The fourth-order valence-electron chi connectivity index (χ4n) is 2.27. The zero-order chi connectivity index (χ0) is 13.8. The third kappa shape index (κ3) is 3.30. The lowest BCUT2D eigenvalue weighted by atomic mass is 10.0. The number of pyridine rings is 1. The lowest BCUT2D eigenvalue weighted by molar-refractivity contribution is 0.0692. The molecule has 1 unspecified atom stereocenters. The standard InChI is InChI=1S/C14H18N2O3/c1-10-3-2-7-16(8-6-10)13(17)12-5-4-11(9-15-12)14(18)19/h4-5,9-10H,2-3,6-8H2,1H3,(H,18,19). The number of aromatic nitrogens is 1. The van der Waals surface area contributed by atoms with Crippen LogP contribution in [0.15, 0.2) is 18.3 Å². The van der Waals surface area contributed by atoms with Gasteiger partial charge in [-0.25, -0.2) is 4.79 Å². The molecule has 5 heteroatoms. The number of nitrogens with zero attached hydrogens (tertiary/aromatic N) is 2. The number of aromatic carboxylic acids is 1. The van der Waals surface area contributed by atoms with Gasteiger partial charge in [0.05, 0.1) is 5.56 Å². The number of carbonyl (C=O) groups excluding carboxylic acids is 1. The first-order valence-electron chi connectivity index (χ1n) is 6.56. The summed E-state index contributed by atoms with van der Waals surface area (Å²) >= 11 is 0. The number of likely N-dealkylation sites (tertiary alicyclic amines) is 1. The van der Waals surface area contributed by atoms with E-state index in [1.54, 1.807) is 0 Å². The van der Waals surface area contributed by atoms with Gasteiger partial charge in [-0.15, -0.1) is 0 Å². The maximum Gasteiger partial charge on any atom is 0.337 e. The lowest BCUT2D eigenvalue weighted by Gasteiger charge is -2.19. The van der Waals surface area contributed by atoms with Gasteiger partial charge in [0.2, 0.25) is 0 Å². The fourth-order valence-corrected chi connectivity index (χ4v) is 2.27. The van der Waals surface area contributed by atoms with Crippen molar-refractivity contribution in [2.75, 3.05) is 13.1 Å². The van der Waals surface area contributed by atoms with Crippen molar-refractivity contribution < 1.29 is 14.7 Å². The quantitative estimate of drug-likeness (QED) is 0.885. The van der Waals surface area contributed by atoms with Crippen LogP contribution in [0, 0.1) is 5.92 Å². The Bertz CT molecular complexity index is 470. The van der Waals surface area contributed by atoms with E-state index in [1.165, 1.54) is 18.3 Å². The number of rotatable bonds is 2. The minimum atomic E-state index is -1.03. The minimum Gasteiger partial charge on any atom is -0.478 e. The SMILES string of the molecule is CC1CCCN(C(=O)c2ccc(C(=O)O)cn2)CC1. The smallest absolute Gasteiger partial charge is 0.337 e. The Morgan fingerprint density at radius 3 is 2.74 bits per heavy atom. The van der Waals surface area contributed by atoms with Crippen molar-refractivity contribution in [2.45, 2.75) is 26.2 Å². The van der Waals surface area contributed by atoms with Gasteiger partial charge >= 0.3 is 5.97 Å². The van der Waals surface area contributed by atoms with Crippen LogP contribution >= 0.6 is 0 Å². The van der Waals surface area contributed by atoms with Crippen molar-refractivity contribution in [3.63, 3.8) is 0 Å². The Morgan fingerprint density at radius 1 is 1.32 bits per heavy atom. The zero-order valence-electron chi connectivity index (χ0n) is 11.0. The highest BCUT2D eigenvalue weighted by atomic mass is 16.4. The first-order valence-corrected chi connectivity index (χ1v) is 6.56. The van der Waals surface area contributed by atoms with E-state index in [2.05, 4.69) is 11.9 Å². The van der Waals surface area contributed by atoms with Crippen molar-refractivity contribution in [3.05, 3.63) is 29.6 Å². The number of carboxylic acids is 1. The van der Waals surface area contributed by atoms with E-state index >= 15 is 0 Å². The molecule has 1 N–H and O–H groups in total. The molecule has 1 aliphatic rings. The maximum atomic E-state index is 12.3. The van der Waals surface area contributed by atoms with Crippen LogP contribution in [0.2, 0.25) is 0 Å². The lowest BCUT2D eigenvalue weighted by Crippen LogP contribution is -2.32. The van der Waals surface area contributed by atoms with Crippen LogP contribution in [0.5, 0.6) is 0 Å². The largest absolute Gasteiger partial charge is 0.478 e. The summed E-state index contributed by atoms with van der Waals surface area (Å²) in [4.78, 5) is 28.8. The van der Waals surface area contributed by atoms with E-state index in [-0.39, 0.29) is 11.5 Å². The van der Waals surface area contributed by atoms with Gasteiger partial charge in [-0.2, -0.15) is 0 Å². The van der Waals surface area contributed by atoms with Crippen LogP contribution in [-0.4, -0.2) is 40.0 Å². The van der Waals surface area contributed by atoms with Crippen LogP contribution in [0.3, 0.4) is 0 Å². The molecule has 0 radical (unpaired) electrons. The average Bonchev–Trinajstić information content (AvgIpc) is 2.63.